The number of carbonyl (C=O) groups excluding carboxylic acids is 3. The number of halogens is 3. The number of amides is 3. The van der Waals surface area contributed by atoms with Crippen molar-refractivity contribution in [3.8, 4) is 5.75 Å². The first kappa shape index (κ1) is 27.0. The molecule has 1 saturated heterocycles. The number of para-hydroxylation sites is 1. The molecule has 2 fully saturated rings. The molecule has 0 atom stereocenters. The lowest BCUT2D eigenvalue weighted by molar-refractivity contribution is -0.199. The number of oxazole rings is 1. The van der Waals surface area contributed by atoms with E-state index in [4.69, 9.17) is 9.15 Å². The van der Waals surface area contributed by atoms with Gasteiger partial charge in [0.1, 0.15) is 17.4 Å². The van der Waals surface area contributed by atoms with Crippen LogP contribution in [0.2, 0.25) is 0 Å². The maximum atomic E-state index is 13.6. The minimum absolute atomic E-state index is 0.156. The standard InChI is InChI=1S/C27H31F3N4O5/c28-27(29,30)26(6-7-26)24(37)34-13-9-25(10-14-34)8-12-33(23(36)20-16-38-18-32-20)11-3-15-39-21-5-2-1-4-19(21)22(35)31-17-25/h1-2,4-5,16,18H,3,6-15,17H2,(H,31,35). The van der Waals surface area contributed by atoms with Crippen LogP contribution in [0.4, 0.5) is 13.2 Å². The zero-order valence-corrected chi connectivity index (χ0v) is 21.5. The summed E-state index contributed by atoms with van der Waals surface area (Å²) in [5.74, 6) is -1.04. The molecule has 0 radical (unpaired) electrons. The summed E-state index contributed by atoms with van der Waals surface area (Å²) in [6.07, 6.45) is -0.637. The highest BCUT2D eigenvalue weighted by atomic mass is 19.4. The van der Waals surface area contributed by atoms with Crippen molar-refractivity contribution in [2.45, 2.75) is 44.7 Å². The Hall–Kier alpha value is -3.57. The number of carbonyl (C=O) groups is 3. The molecule has 39 heavy (non-hydrogen) atoms. The molecular formula is C27H31F3N4O5. The number of benzene rings is 1. The second-order valence-corrected chi connectivity index (χ2v) is 10.7. The minimum Gasteiger partial charge on any atom is -0.493 e. The SMILES string of the molecule is O=C1NCC2(CCN(C(=O)c3cocn3)CCCOc3ccccc31)CCN(C(=O)C1(C(F)(F)F)CC1)CC2. The summed E-state index contributed by atoms with van der Waals surface area (Å²) in [6.45, 7) is 1.57. The number of nitrogens with zero attached hydrogens (tertiary/aromatic N) is 3. The molecule has 2 aromatic rings. The fourth-order valence-electron chi connectivity index (χ4n) is 5.49. The van der Waals surface area contributed by atoms with Crippen LogP contribution in [0.15, 0.2) is 41.3 Å². The Labute approximate surface area is 223 Å². The molecule has 3 heterocycles. The number of piperidine rings is 1. The zero-order valence-electron chi connectivity index (χ0n) is 21.5. The fourth-order valence-corrected chi connectivity index (χ4v) is 5.49. The van der Waals surface area contributed by atoms with E-state index in [1.807, 2.05) is 0 Å². The topological polar surface area (TPSA) is 105 Å². The van der Waals surface area contributed by atoms with Crippen molar-refractivity contribution in [2.24, 2.45) is 10.8 Å². The normalized spacial score (nSPS) is 21.5. The van der Waals surface area contributed by atoms with Crippen LogP contribution in [0.5, 0.6) is 5.75 Å². The van der Waals surface area contributed by atoms with E-state index in [9.17, 15) is 27.6 Å². The molecule has 3 amide bonds. The Bertz CT molecular complexity index is 1200. The molecule has 12 heteroatoms. The second-order valence-electron chi connectivity index (χ2n) is 10.7. The van der Waals surface area contributed by atoms with Gasteiger partial charge < -0.3 is 24.3 Å². The fraction of sp³-hybridized carbons (Fsp3) is 0.556. The summed E-state index contributed by atoms with van der Waals surface area (Å²) < 4.78 is 51.6. The van der Waals surface area contributed by atoms with Gasteiger partial charge in [0.05, 0.1) is 12.2 Å². The van der Waals surface area contributed by atoms with Crippen molar-refractivity contribution in [2.75, 3.05) is 39.3 Å². The smallest absolute Gasteiger partial charge is 0.403 e. The second kappa shape index (κ2) is 10.5. The maximum absolute atomic E-state index is 13.6. The lowest BCUT2D eigenvalue weighted by Gasteiger charge is -2.44. The lowest BCUT2D eigenvalue weighted by Crippen LogP contribution is -2.52. The Morgan fingerprint density at radius 1 is 0.974 bits per heavy atom. The third kappa shape index (κ3) is 5.46. The van der Waals surface area contributed by atoms with Gasteiger partial charge in [-0.3, -0.25) is 14.4 Å². The molecule has 1 aromatic carbocycles. The van der Waals surface area contributed by atoms with Crippen LogP contribution < -0.4 is 10.1 Å². The number of aromatic nitrogens is 1. The summed E-state index contributed by atoms with van der Waals surface area (Å²) in [7, 11) is 0. The average Bonchev–Trinajstić information content (AvgIpc) is 3.58. The van der Waals surface area contributed by atoms with E-state index >= 15 is 0 Å². The third-order valence-electron chi connectivity index (χ3n) is 8.25. The summed E-state index contributed by atoms with van der Waals surface area (Å²) in [5, 5.41) is 2.99. The molecule has 1 aliphatic carbocycles. The van der Waals surface area contributed by atoms with Crippen LogP contribution in [0.3, 0.4) is 0 Å². The van der Waals surface area contributed by atoms with Gasteiger partial charge in [-0.15, -0.1) is 0 Å². The molecule has 2 aliphatic heterocycles. The van der Waals surface area contributed by atoms with Gasteiger partial charge in [0.25, 0.3) is 11.8 Å². The predicted octanol–water partition coefficient (Wildman–Crippen LogP) is 3.67. The first-order valence-corrected chi connectivity index (χ1v) is 13.2. The number of likely N-dealkylation sites (tertiary alicyclic amines) is 1. The highest BCUT2D eigenvalue weighted by molar-refractivity contribution is 5.97. The molecule has 3 aliphatic rings. The van der Waals surface area contributed by atoms with Crippen molar-refractivity contribution in [1.29, 1.82) is 0 Å². The monoisotopic (exact) mass is 548 g/mol. The van der Waals surface area contributed by atoms with Gasteiger partial charge in [-0.25, -0.2) is 4.98 Å². The molecule has 1 spiro atoms. The van der Waals surface area contributed by atoms with Crippen LogP contribution in [-0.2, 0) is 4.79 Å². The van der Waals surface area contributed by atoms with Crippen molar-refractivity contribution >= 4 is 17.7 Å². The summed E-state index contributed by atoms with van der Waals surface area (Å²) >= 11 is 0. The van der Waals surface area contributed by atoms with E-state index in [1.54, 1.807) is 29.2 Å². The lowest BCUT2D eigenvalue weighted by atomic mass is 9.75. The Morgan fingerprint density at radius 3 is 2.31 bits per heavy atom. The Kier molecular flexibility index (Phi) is 7.30. The quantitative estimate of drug-likeness (QED) is 0.614. The zero-order chi connectivity index (χ0) is 27.7. The number of alkyl halides is 3. The first-order chi connectivity index (χ1) is 18.6. The molecule has 0 bridgehead atoms. The van der Waals surface area contributed by atoms with Crippen molar-refractivity contribution in [3.63, 3.8) is 0 Å². The van der Waals surface area contributed by atoms with E-state index in [1.165, 1.54) is 17.6 Å². The summed E-state index contributed by atoms with van der Waals surface area (Å²) in [4.78, 5) is 46.1. The minimum atomic E-state index is -4.56. The molecule has 9 nitrogen and oxygen atoms in total. The Morgan fingerprint density at radius 2 is 1.67 bits per heavy atom. The molecule has 1 saturated carbocycles. The van der Waals surface area contributed by atoms with E-state index < -0.39 is 22.9 Å². The summed E-state index contributed by atoms with van der Waals surface area (Å²) in [6, 6.07) is 6.89. The number of fused-ring (bicyclic) bond motifs is 1. The molecule has 0 unspecified atom stereocenters. The van der Waals surface area contributed by atoms with E-state index in [2.05, 4.69) is 10.3 Å². The molecular weight excluding hydrogens is 517 g/mol. The number of rotatable bonds is 2. The number of ether oxygens (including phenoxy) is 1. The third-order valence-corrected chi connectivity index (χ3v) is 8.25. The largest absolute Gasteiger partial charge is 0.493 e. The van der Waals surface area contributed by atoms with Gasteiger partial charge in [-0.1, -0.05) is 12.1 Å². The van der Waals surface area contributed by atoms with Gasteiger partial charge >= 0.3 is 6.18 Å². The van der Waals surface area contributed by atoms with Crippen molar-refractivity contribution < 1.29 is 36.7 Å². The highest BCUT2D eigenvalue weighted by Crippen LogP contribution is 2.59. The number of hydrogen-bond donors (Lipinski definition) is 1. The first-order valence-electron chi connectivity index (χ1n) is 13.2. The van der Waals surface area contributed by atoms with Gasteiger partial charge in [0.15, 0.2) is 12.1 Å². The molecule has 1 N–H and O–H groups in total. The molecule has 210 valence electrons. The number of hydrogen-bond acceptors (Lipinski definition) is 6. The van der Waals surface area contributed by atoms with E-state index in [0.29, 0.717) is 50.1 Å². The van der Waals surface area contributed by atoms with Crippen LogP contribution in [-0.4, -0.2) is 78.0 Å². The maximum Gasteiger partial charge on any atom is 0.403 e. The predicted molar refractivity (Wildman–Crippen MR) is 132 cm³/mol. The van der Waals surface area contributed by atoms with Gasteiger partial charge in [-0.2, -0.15) is 13.2 Å². The van der Waals surface area contributed by atoms with Crippen LogP contribution >= 0.6 is 0 Å². The van der Waals surface area contributed by atoms with E-state index in [0.717, 1.165) is 0 Å². The average molecular weight is 549 g/mol. The van der Waals surface area contributed by atoms with Crippen LogP contribution in [0.1, 0.15) is 59.4 Å². The highest BCUT2D eigenvalue weighted by Gasteiger charge is 2.69. The van der Waals surface area contributed by atoms with E-state index in [-0.39, 0.29) is 56.6 Å². The van der Waals surface area contributed by atoms with Crippen molar-refractivity contribution in [1.82, 2.24) is 20.1 Å². The van der Waals surface area contributed by atoms with Crippen LogP contribution in [0.25, 0.3) is 0 Å². The van der Waals surface area contributed by atoms with Gasteiger partial charge in [-0.05, 0) is 56.1 Å². The molecule has 1 aromatic heterocycles. The molecule has 5 rings (SSSR count). The van der Waals surface area contributed by atoms with Gasteiger partial charge in [0.2, 0.25) is 5.91 Å². The summed E-state index contributed by atoms with van der Waals surface area (Å²) in [5.41, 5.74) is -2.21. The van der Waals surface area contributed by atoms with Crippen LogP contribution in [0, 0.1) is 10.8 Å². The Balaban J connectivity index is 1.36. The number of nitrogens with one attached hydrogen (secondary N) is 1. The van der Waals surface area contributed by atoms with Gasteiger partial charge in [0, 0.05) is 32.7 Å². The van der Waals surface area contributed by atoms with Crippen molar-refractivity contribution in [3.05, 3.63) is 48.2 Å².